The number of piperidine rings is 1. The zero-order valence-electron chi connectivity index (χ0n) is 19.9. The van der Waals surface area contributed by atoms with E-state index in [0.717, 1.165) is 46.9 Å². The number of aromatic amines is 1. The van der Waals surface area contributed by atoms with Crippen LogP contribution in [-0.4, -0.2) is 37.3 Å². The van der Waals surface area contributed by atoms with Crippen LogP contribution in [0.4, 0.5) is 0 Å². The molecule has 1 aliphatic heterocycles. The van der Waals surface area contributed by atoms with Crippen LogP contribution in [0.3, 0.4) is 0 Å². The van der Waals surface area contributed by atoms with Gasteiger partial charge in [0.1, 0.15) is 0 Å². The Morgan fingerprint density at radius 1 is 0.886 bits per heavy atom. The van der Waals surface area contributed by atoms with Crippen LogP contribution < -0.4 is 0 Å². The van der Waals surface area contributed by atoms with Crippen molar-refractivity contribution in [1.29, 1.82) is 0 Å². The van der Waals surface area contributed by atoms with Gasteiger partial charge in [0.05, 0.1) is 18.1 Å². The highest BCUT2D eigenvalue weighted by molar-refractivity contribution is 7.71. The van der Waals surface area contributed by atoms with Gasteiger partial charge in [-0.15, -0.1) is 5.10 Å². The van der Waals surface area contributed by atoms with Crippen LogP contribution in [0.5, 0.6) is 0 Å². The Balaban J connectivity index is 1.60. The summed E-state index contributed by atoms with van der Waals surface area (Å²) in [5.74, 6) is 0.839. The molecule has 0 atom stereocenters. The van der Waals surface area contributed by atoms with E-state index in [1.54, 1.807) is 0 Å². The van der Waals surface area contributed by atoms with Crippen molar-refractivity contribution in [2.45, 2.75) is 32.9 Å². The number of likely N-dealkylation sites (tertiary alicyclic amines) is 1. The molecule has 176 valence electrons. The van der Waals surface area contributed by atoms with Crippen LogP contribution in [0, 0.1) is 11.7 Å². The normalized spacial score (nSPS) is 14.5. The van der Waals surface area contributed by atoms with Crippen molar-refractivity contribution in [3.8, 4) is 28.3 Å². The van der Waals surface area contributed by atoms with Crippen molar-refractivity contribution in [2.75, 3.05) is 13.1 Å². The van der Waals surface area contributed by atoms with E-state index in [-0.39, 0.29) is 0 Å². The minimum atomic E-state index is 0.714. The molecule has 3 aromatic carbocycles. The zero-order chi connectivity index (χ0) is 23.8. The first kappa shape index (κ1) is 22.0. The molecular formula is C29H29N5S. The lowest BCUT2D eigenvalue weighted by Gasteiger charge is -2.25. The van der Waals surface area contributed by atoms with Crippen LogP contribution in [0.1, 0.15) is 24.8 Å². The summed E-state index contributed by atoms with van der Waals surface area (Å²) < 4.78 is 4.82. The Kier molecular flexibility index (Phi) is 5.84. The molecule has 6 rings (SSSR count). The number of aryl methyl sites for hydroxylation is 1. The Labute approximate surface area is 210 Å². The highest BCUT2D eigenvalue weighted by Crippen LogP contribution is 2.39. The first-order valence-corrected chi connectivity index (χ1v) is 12.8. The summed E-state index contributed by atoms with van der Waals surface area (Å²) >= 11 is 6.05. The minimum Gasteiger partial charge on any atom is -0.351 e. The van der Waals surface area contributed by atoms with Gasteiger partial charge in [0.2, 0.25) is 4.77 Å². The third-order valence-electron chi connectivity index (χ3n) is 6.88. The number of H-pyrrole nitrogens is 1. The number of rotatable bonds is 5. The SMILES string of the molecule is Cc1ccc2[nH]c(-c3nn(CN4CCCCC4)c(=S)n3-c3ccccc3)c(-c3ccccc3)c2c1. The van der Waals surface area contributed by atoms with Crippen LogP contribution >= 0.6 is 12.2 Å². The fourth-order valence-corrected chi connectivity index (χ4v) is 5.43. The molecule has 0 amide bonds. The molecule has 0 unspecified atom stereocenters. The maximum atomic E-state index is 6.05. The maximum absolute atomic E-state index is 6.05. The van der Waals surface area contributed by atoms with Crippen LogP contribution in [-0.2, 0) is 6.67 Å². The first-order chi connectivity index (χ1) is 17.2. The molecule has 1 fully saturated rings. The molecule has 1 saturated heterocycles. The largest absolute Gasteiger partial charge is 0.351 e. The molecule has 35 heavy (non-hydrogen) atoms. The monoisotopic (exact) mass is 479 g/mol. The smallest absolute Gasteiger partial charge is 0.204 e. The van der Waals surface area contributed by atoms with E-state index in [1.165, 1.54) is 30.2 Å². The Morgan fingerprint density at radius 2 is 1.60 bits per heavy atom. The van der Waals surface area contributed by atoms with Crippen LogP contribution in [0.2, 0.25) is 0 Å². The molecule has 6 heteroatoms. The van der Waals surface area contributed by atoms with Crippen molar-refractivity contribution in [3.05, 3.63) is 89.2 Å². The van der Waals surface area contributed by atoms with Gasteiger partial charge >= 0.3 is 0 Å². The number of aromatic nitrogens is 4. The summed E-state index contributed by atoms with van der Waals surface area (Å²) in [5.41, 5.74) is 6.66. The van der Waals surface area contributed by atoms with Crippen molar-refractivity contribution >= 4 is 23.1 Å². The lowest BCUT2D eigenvalue weighted by molar-refractivity contribution is 0.172. The second-order valence-electron chi connectivity index (χ2n) is 9.39. The lowest BCUT2D eigenvalue weighted by Crippen LogP contribution is -2.32. The highest BCUT2D eigenvalue weighted by atomic mass is 32.1. The Hall–Kier alpha value is -3.48. The van der Waals surface area contributed by atoms with Gasteiger partial charge in [-0.3, -0.25) is 9.47 Å². The van der Waals surface area contributed by atoms with Crippen molar-refractivity contribution in [2.24, 2.45) is 0 Å². The number of hydrogen-bond donors (Lipinski definition) is 1. The van der Waals surface area contributed by atoms with E-state index in [1.807, 2.05) is 10.7 Å². The molecule has 5 nitrogen and oxygen atoms in total. The molecule has 1 aliphatic rings. The standard InChI is InChI=1S/C29H29N5S/c1-21-15-16-25-24(19-21)26(22-11-5-2-6-12-22)27(30-25)28-31-33(20-32-17-9-4-10-18-32)29(35)34(28)23-13-7-3-8-14-23/h2-3,5-8,11-16,19,30H,4,9-10,17-18,20H2,1H3. The predicted octanol–water partition coefficient (Wildman–Crippen LogP) is 6.97. The van der Waals surface area contributed by atoms with Gasteiger partial charge < -0.3 is 4.98 Å². The fourth-order valence-electron chi connectivity index (χ4n) is 5.14. The van der Waals surface area contributed by atoms with Crippen molar-refractivity contribution in [3.63, 3.8) is 0 Å². The molecule has 0 radical (unpaired) electrons. The fraction of sp³-hybridized carbons (Fsp3) is 0.241. The van der Waals surface area contributed by atoms with Gasteiger partial charge in [-0.1, -0.05) is 66.6 Å². The Morgan fingerprint density at radius 3 is 2.34 bits per heavy atom. The van der Waals surface area contributed by atoms with Gasteiger partial charge in [-0.2, -0.15) is 0 Å². The molecule has 5 aromatic rings. The van der Waals surface area contributed by atoms with Gasteiger partial charge in [0, 0.05) is 16.5 Å². The number of hydrogen-bond acceptors (Lipinski definition) is 3. The number of para-hydroxylation sites is 1. The van der Waals surface area contributed by atoms with Gasteiger partial charge in [-0.25, -0.2) is 4.68 Å². The Bertz CT molecular complexity index is 1520. The molecule has 0 spiro atoms. The second kappa shape index (κ2) is 9.29. The van der Waals surface area contributed by atoms with E-state index in [4.69, 9.17) is 17.3 Å². The number of nitrogens with one attached hydrogen (secondary N) is 1. The summed E-state index contributed by atoms with van der Waals surface area (Å²) in [5, 5.41) is 6.35. The summed E-state index contributed by atoms with van der Waals surface area (Å²) in [6, 6.07) is 27.5. The van der Waals surface area contributed by atoms with Gasteiger partial charge in [0.25, 0.3) is 0 Å². The molecule has 2 aromatic heterocycles. The van der Waals surface area contributed by atoms with Gasteiger partial charge in [-0.05, 0) is 74.9 Å². The minimum absolute atomic E-state index is 0.714. The average molecular weight is 480 g/mol. The van der Waals surface area contributed by atoms with Crippen molar-refractivity contribution < 1.29 is 0 Å². The van der Waals surface area contributed by atoms with E-state index < -0.39 is 0 Å². The quantitative estimate of drug-likeness (QED) is 0.277. The average Bonchev–Trinajstić information content (AvgIpc) is 3.43. The van der Waals surface area contributed by atoms with Gasteiger partial charge in [0.15, 0.2) is 5.82 Å². The highest BCUT2D eigenvalue weighted by Gasteiger charge is 2.23. The summed E-state index contributed by atoms with van der Waals surface area (Å²) in [6.07, 6.45) is 3.78. The van der Waals surface area contributed by atoms with Crippen LogP contribution in [0.25, 0.3) is 39.2 Å². The molecule has 3 heterocycles. The van der Waals surface area contributed by atoms with E-state index in [2.05, 4.69) is 94.2 Å². The molecular weight excluding hydrogens is 450 g/mol. The number of benzene rings is 3. The van der Waals surface area contributed by atoms with E-state index >= 15 is 0 Å². The first-order valence-electron chi connectivity index (χ1n) is 12.3. The third kappa shape index (κ3) is 4.13. The molecule has 0 saturated carbocycles. The number of fused-ring (bicyclic) bond motifs is 1. The molecule has 0 bridgehead atoms. The summed E-state index contributed by atoms with van der Waals surface area (Å²) in [7, 11) is 0. The van der Waals surface area contributed by atoms with E-state index in [9.17, 15) is 0 Å². The van der Waals surface area contributed by atoms with E-state index in [0.29, 0.717) is 11.4 Å². The number of nitrogens with zero attached hydrogens (tertiary/aromatic N) is 4. The molecule has 0 aliphatic carbocycles. The predicted molar refractivity (Wildman–Crippen MR) is 145 cm³/mol. The van der Waals surface area contributed by atoms with Crippen molar-refractivity contribution in [1.82, 2.24) is 24.2 Å². The summed E-state index contributed by atoms with van der Waals surface area (Å²) in [4.78, 5) is 6.16. The topological polar surface area (TPSA) is 41.8 Å². The zero-order valence-corrected chi connectivity index (χ0v) is 20.8. The summed E-state index contributed by atoms with van der Waals surface area (Å²) in [6.45, 7) is 5.04. The molecule has 1 N–H and O–H groups in total. The maximum Gasteiger partial charge on any atom is 0.204 e. The van der Waals surface area contributed by atoms with Crippen LogP contribution in [0.15, 0.2) is 78.9 Å². The third-order valence-corrected chi connectivity index (χ3v) is 7.27. The lowest BCUT2D eigenvalue weighted by atomic mass is 10.0. The second-order valence-corrected chi connectivity index (χ2v) is 9.75.